The van der Waals surface area contributed by atoms with E-state index in [2.05, 4.69) is 23.3 Å². The van der Waals surface area contributed by atoms with Crippen LogP contribution in [0.4, 0.5) is 5.82 Å². The summed E-state index contributed by atoms with van der Waals surface area (Å²) in [5.74, 6) is 2.77. The molecule has 1 fully saturated rings. The molecule has 1 heterocycles. The molecule has 0 bridgehead atoms. The third-order valence-corrected chi connectivity index (χ3v) is 3.23. The van der Waals surface area contributed by atoms with Gasteiger partial charge in [0.1, 0.15) is 5.82 Å². The lowest BCUT2D eigenvalue weighted by molar-refractivity contribution is 0.210. The number of anilines is 1. The maximum Gasteiger partial charge on any atom is 0.126 e. The molecule has 1 aliphatic carbocycles. The van der Waals surface area contributed by atoms with Gasteiger partial charge in [0.15, 0.2) is 0 Å². The summed E-state index contributed by atoms with van der Waals surface area (Å²) in [7, 11) is 0. The van der Waals surface area contributed by atoms with Crippen molar-refractivity contribution in [1.82, 2.24) is 4.98 Å². The maximum atomic E-state index is 4.42. The second-order valence-electron chi connectivity index (χ2n) is 4.36. The highest BCUT2D eigenvalue weighted by atomic mass is 15.0. The number of nitrogens with zero attached hydrogens (tertiary/aromatic N) is 1. The molecule has 2 atom stereocenters. The van der Waals surface area contributed by atoms with E-state index in [0.717, 1.165) is 29.9 Å². The standard InChI is InChI=1S/C12H18N2/c1-9-6-7-11(9)8-13-12-5-3-4-10(2)14-12/h3-5,9,11H,6-8H2,1-2H3,(H,13,14)/t9-,11+/m1/s1. The Labute approximate surface area is 85.7 Å². The molecule has 0 unspecified atom stereocenters. The molecule has 1 N–H and O–H groups in total. The molecule has 0 aliphatic heterocycles. The van der Waals surface area contributed by atoms with Crippen LogP contribution in [-0.4, -0.2) is 11.5 Å². The predicted octanol–water partition coefficient (Wildman–Crippen LogP) is 2.85. The number of hydrogen-bond acceptors (Lipinski definition) is 2. The van der Waals surface area contributed by atoms with E-state index in [1.165, 1.54) is 12.8 Å². The van der Waals surface area contributed by atoms with Crippen molar-refractivity contribution in [2.45, 2.75) is 26.7 Å². The van der Waals surface area contributed by atoms with Crippen molar-refractivity contribution in [2.24, 2.45) is 11.8 Å². The minimum Gasteiger partial charge on any atom is -0.370 e. The molecule has 0 saturated heterocycles. The molecular weight excluding hydrogens is 172 g/mol. The van der Waals surface area contributed by atoms with E-state index in [0.29, 0.717) is 0 Å². The summed E-state index contributed by atoms with van der Waals surface area (Å²) in [5.41, 5.74) is 1.08. The van der Waals surface area contributed by atoms with Gasteiger partial charge in [0.2, 0.25) is 0 Å². The molecule has 0 radical (unpaired) electrons. The summed E-state index contributed by atoms with van der Waals surface area (Å²) >= 11 is 0. The fourth-order valence-electron chi connectivity index (χ4n) is 1.92. The SMILES string of the molecule is Cc1cccc(NC[C@@H]2CC[C@H]2C)n1. The molecule has 76 valence electrons. The van der Waals surface area contributed by atoms with E-state index in [4.69, 9.17) is 0 Å². The van der Waals surface area contributed by atoms with Crippen LogP contribution < -0.4 is 5.32 Å². The van der Waals surface area contributed by atoms with Crippen LogP contribution in [0.2, 0.25) is 0 Å². The number of aryl methyl sites for hydroxylation is 1. The summed E-state index contributed by atoms with van der Waals surface area (Å²) in [6.07, 6.45) is 2.77. The highest BCUT2D eigenvalue weighted by Gasteiger charge is 2.25. The zero-order valence-corrected chi connectivity index (χ0v) is 8.96. The molecule has 2 heteroatoms. The third-order valence-electron chi connectivity index (χ3n) is 3.23. The van der Waals surface area contributed by atoms with Crippen molar-refractivity contribution in [3.05, 3.63) is 23.9 Å². The molecule has 1 aromatic rings. The van der Waals surface area contributed by atoms with Gasteiger partial charge in [-0.15, -0.1) is 0 Å². The number of hydrogen-bond donors (Lipinski definition) is 1. The normalized spacial score (nSPS) is 25.6. The van der Waals surface area contributed by atoms with E-state index >= 15 is 0 Å². The van der Waals surface area contributed by atoms with Crippen LogP contribution in [0.15, 0.2) is 18.2 Å². The minimum atomic E-state index is 0.859. The van der Waals surface area contributed by atoms with Gasteiger partial charge in [-0.3, -0.25) is 0 Å². The van der Waals surface area contributed by atoms with Crippen LogP contribution >= 0.6 is 0 Å². The van der Waals surface area contributed by atoms with Gasteiger partial charge in [-0.25, -0.2) is 4.98 Å². The zero-order valence-electron chi connectivity index (χ0n) is 8.96. The molecule has 1 aliphatic rings. The Morgan fingerprint density at radius 2 is 2.29 bits per heavy atom. The summed E-state index contributed by atoms with van der Waals surface area (Å²) < 4.78 is 0. The monoisotopic (exact) mass is 190 g/mol. The number of rotatable bonds is 3. The maximum absolute atomic E-state index is 4.42. The Morgan fingerprint density at radius 3 is 2.86 bits per heavy atom. The van der Waals surface area contributed by atoms with Gasteiger partial charge < -0.3 is 5.32 Å². The molecule has 14 heavy (non-hydrogen) atoms. The van der Waals surface area contributed by atoms with Gasteiger partial charge in [-0.2, -0.15) is 0 Å². The summed E-state index contributed by atoms with van der Waals surface area (Å²) in [5, 5.41) is 3.41. The summed E-state index contributed by atoms with van der Waals surface area (Å²) in [6.45, 7) is 5.44. The smallest absolute Gasteiger partial charge is 0.126 e. The predicted molar refractivity (Wildman–Crippen MR) is 59.4 cm³/mol. The van der Waals surface area contributed by atoms with Gasteiger partial charge in [-0.05, 0) is 37.3 Å². The van der Waals surface area contributed by atoms with Crippen molar-refractivity contribution in [1.29, 1.82) is 0 Å². The second-order valence-corrected chi connectivity index (χ2v) is 4.36. The first-order valence-corrected chi connectivity index (χ1v) is 5.43. The van der Waals surface area contributed by atoms with Crippen LogP contribution in [-0.2, 0) is 0 Å². The van der Waals surface area contributed by atoms with Crippen molar-refractivity contribution < 1.29 is 0 Å². The molecule has 0 spiro atoms. The Balaban J connectivity index is 1.85. The van der Waals surface area contributed by atoms with Gasteiger partial charge in [-0.1, -0.05) is 19.4 Å². The zero-order chi connectivity index (χ0) is 9.97. The van der Waals surface area contributed by atoms with Crippen LogP contribution in [0.5, 0.6) is 0 Å². The summed E-state index contributed by atoms with van der Waals surface area (Å²) in [4.78, 5) is 4.42. The van der Waals surface area contributed by atoms with Crippen molar-refractivity contribution in [2.75, 3.05) is 11.9 Å². The van der Waals surface area contributed by atoms with Crippen molar-refractivity contribution >= 4 is 5.82 Å². The Morgan fingerprint density at radius 1 is 1.43 bits per heavy atom. The largest absolute Gasteiger partial charge is 0.370 e. The van der Waals surface area contributed by atoms with E-state index in [-0.39, 0.29) is 0 Å². The molecule has 2 rings (SSSR count). The lowest BCUT2D eigenvalue weighted by Crippen LogP contribution is -2.29. The summed E-state index contributed by atoms with van der Waals surface area (Å²) in [6, 6.07) is 6.11. The topological polar surface area (TPSA) is 24.9 Å². The van der Waals surface area contributed by atoms with Crippen LogP contribution in [0.25, 0.3) is 0 Å². The molecule has 0 amide bonds. The molecule has 2 nitrogen and oxygen atoms in total. The van der Waals surface area contributed by atoms with Gasteiger partial charge in [0.05, 0.1) is 0 Å². The fourth-order valence-corrected chi connectivity index (χ4v) is 1.92. The first-order chi connectivity index (χ1) is 6.75. The highest BCUT2D eigenvalue weighted by molar-refractivity contribution is 5.35. The quantitative estimate of drug-likeness (QED) is 0.792. The average Bonchev–Trinajstić information content (AvgIpc) is 2.16. The minimum absolute atomic E-state index is 0.859. The second kappa shape index (κ2) is 3.99. The average molecular weight is 190 g/mol. The van der Waals surface area contributed by atoms with Crippen LogP contribution in [0.1, 0.15) is 25.5 Å². The van der Waals surface area contributed by atoms with E-state index in [9.17, 15) is 0 Å². The fraction of sp³-hybridized carbons (Fsp3) is 0.583. The highest BCUT2D eigenvalue weighted by Crippen LogP contribution is 2.33. The Bertz CT molecular complexity index is 309. The van der Waals surface area contributed by atoms with Gasteiger partial charge >= 0.3 is 0 Å². The van der Waals surface area contributed by atoms with Gasteiger partial charge in [0, 0.05) is 12.2 Å². The molecular formula is C12H18N2. The van der Waals surface area contributed by atoms with E-state index < -0.39 is 0 Å². The lowest BCUT2D eigenvalue weighted by atomic mass is 9.75. The van der Waals surface area contributed by atoms with Gasteiger partial charge in [0.25, 0.3) is 0 Å². The van der Waals surface area contributed by atoms with Crippen molar-refractivity contribution in [3.8, 4) is 0 Å². The number of nitrogens with one attached hydrogen (secondary N) is 1. The first-order valence-electron chi connectivity index (χ1n) is 5.43. The molecule has 1 aromatic heterocycles. The van der Waals surface area contributed by atoms with Crippen LogP contribution in [0, 0.1) is 18.8 Å². The molecule has 0 aromatic carbocycles. The lowest BCUT2D eigenvalue weighted by Gasteiger charge is -2.34. The number of aromatic nitrogens is 1. The third kappa shape index (κ3) is 2.06. The Kier molecular flexibility index (Phi) is 2.71. The van der Waals surface area contributed by atoms with Crippen molar-refractivity contribution in [3.63, 3.8) is 0 Å². The number of pyridine rings is 1. The van der Waals surface area contributed by atoms with Crippen LogP contribution in [0.3, 0.4) is 0 Å². The van der Waals surface area contributed by atoms with E-state index in [1.54, 1.807) is 0 Å². The first kappa shape index (κ1) is 9.50. The van der Waals surface area contributed by atoms with E-state index in [1.807, 2.05) is 19.1 Å². The molecule has 1 saturated carbocycles. The Hall–Kier alpha value is -1.05.